The van der Waals surface area contributed by atoms with Crippen molar-refractivity contribution in [2.75, 3.05) is 26.8 Å². The molecule has 0 aromatic carbocycles. The lowest BCUT2D eigenvalue weighted by Gasteiger charge is -2.19. The van der Waals surface area contributed by atoms with Gasteiger partial charge in [-0.25, -0.2) is 8.42 Å². The fraction of sp³-hybridized carbons (Fsp3) is 0.714. The highest BCUT2D eigenvalue weighted by atomic mass is 32.2. The van der Waals surface area contributed by atoms with Gasteiger partial charge in [0.2, 0.25) is 10.0 Å². The standard InChI is InChI=1S/C14H25N3O3S/c1-4-17(7-8-20-3)21(18,19)14-9-13(16(2)11-14)10-15-12-5-6-12/h9,11-12,15H,4-8,10H2,1-3H3. The van der Waals surface area contributed by atoms with E-state index < -0.39 is 10.0 Å². The summed E-state index contributed by atoms with van der Waals surface area (Å²) in [5.74, 6) is 0. The van der Waals surface area contributed by atoms with Crippen LogP contribution in [0.5, 0.6) is 0 Å². The molecule has 0 unspecified atom stereocenters. The molecule has 6 nitrogen and oxygen atoms in total. The van der Waals surface area contributed by atoms with Gasteiger partial charge in [0.05, 0.1) is 6.61 Å². The molecule has 1 heterocycles. The molecule has 0 radical (unpaired) electrons. The molecule has 0 spiro atoms. The minimum atomic E-state index is -3.44. The van der Waals surface area contributed by atoms with Gasteiger partial charge in [0.1, 0.15) is 4.90 Å². The predicted octanol–water partition coefficient (Wildman–Crippen LogP) is 0.934. The van der Waals surface area contributed by atoms with Crippen molar-refractivity contribution in [3.63, 3.8) is 0 Å². The van der Waals surface area contributed by atoms with Crippen molar-refractivity contribution in [2.24, 2.45) is 7.05 Å². The number of rotatable bonds is 9. The summed E-state index contributed by atoms with van der Waals surface area (Å²) in [6, 6.07) is 2.37. The normalized spacial score (nSPS) is 15.8. The van der Waals surface area contributed by atoms with Crippen molar-refractivity contribution < 1.29 is 13.2 Å². The molecule has 0 aliphatic heterocycles. The van der Waals surface area contributed by atoms with Crippen LogP contribution in [0.15, 0.2) is 17.2 Å². The lowest BCUT2D eigenvalue weighted by atomic mass is 10.4. The number of hydrogen-bond donors (Lipinski definition) is 1. The largest absolute Gasteiger partial charge is 0.383 e. The van der Waals surface area contributed by atoms with Crippen LogP contribution in [0.2, 0.25) is 0 Å². The molecule has 7 heteroatoms. The van der Waals surface area contributed by atoms with Crippen molar-refractivity contribution in [3.8, 4) is 0 Å². The number of sulfonamides is 1. The molecular formula is C14H25N3O3S. The van der Waals surface area contributed by atoms with Crippen LogP contribution in [0.25, 0.3) is 0 Å². The van der Waals surface area contributed by atoms with Crippen LogP contribution >= 0.6 is 0 Å². The second-order valence-corrected chi connectivity index (χ2v) is 7.36. The highest BCUT2D eigenvalue weighted by molar-refractivity contribution is 7.89. The van der Waals surface area contributed by atoms with Gasteiger partial charge in [-0.3, -0.25) is 0 Å². The molecule has 1 aromatic rings. The molecule has 0 saturated heterocycles. The maximum Gasteiger partial charge on any atom is 0.244 e. The Morgan fingerprint density at radius 3 is 2.76 bits per heavy atom. The van der Waals surface area contributed by atoms with Crippen LogP contribution in [0.1, 0.15) is 25.5 Å². The molecule has 21 heavy (non-hydrogen) atoms. The number of nitrogens with zero attached hydrogens (tertiary/aromatic N) is 2. The monoisotopic (exact) mass is 315 g/mol. The van der Waals surface area contributed by atoms with Crippen LogP contribution < -0.4 is 5.32 Å². The van der Waals surface area contributed by atoms with Crippen molar-refractivity contribution in [3.05, 3.63) is 18.0 Å². The van der Waals surface area contributed by atoms with Gasteiger partial charge in [-0.05, 0) is 18.9 Å². The van der Waals surface area contributed by atoms with Crippen LogP contribution in [-0.4, -0.2) is 50.1 Å². The van der Waals surface area contributed by atoms with E-state index in [-0.39, 0.29) is 0 Å². The zero-order chi connectivity index (χ0) is 15.5. The third-order valence-corrected chi connectivity index (χ3v) is 5.71. The molecule has 0 bridgehead atoms. The Hall–Kier alpha value is -0.890. The lowest BCUT2D eigenvalue weighted by molar-refractivity contribution is 0.180. The highest BCUT2D eigenvalue weighted by Crippen LogP contribution is 2.21. The van der Waals surface area contributed by atoms with Gasteiger partial charge < -0.3 is 14.6 Å². The summed E-state index contributed by atoms with van der Waals surface area (Å²) in [4.78, 5) is 0.357. The molecule has 1 N–H and O–H groups in total. The van der Waals surface area contributed by atoms with Crippen molar-refractivity contribution >= 4 is 10.0 Å². The van der Waals surface area contributed by atoms with Gasteiger partial charge in [0.25, 0.3) is 0 Å². The fourth-order valence-corrected chi connectivity index (χ4v) is 3.75. The maximum absolute atomic E-state index is 12.6. The molecule has 1 fully saturated rings. The summed E-state index contributed by atoms with van der Waals surface area (Å²) in [6.07, 6.45) is 4.13. The van der Waals surface area contributed by atoms with E-state index in [4.69, 9.17) is 4.74 Å². The second-order valence-electron chi connectivity index (χ2n) is 5.42. The van der Waals surface area contributed by atoms with E-state index in [9.17, 15) is 8.42 Å². The number of nitrogens with one attached hydrogen (secondary N) is 1. The Kier molecular flexibility index (Phi) is 5.43. The molecule has 1 aliphatic rings. The smallest absolute Gasteiger partial charge is 0.244 e. The lowest BCUT2D eigenvalue weighted by Crippen LogP contribution is -2.33. The summed E-state index contributed by atoms with van der Waals surface area (Å²) in [5, 5.41) is 3.41. The average Bonchev–Trinajstić information content (AvgIpc) is 3.20. The second kappa shape index (κ2) is 6.91. The number of aromatic nitrogens is 1. The summed E-state index contributed by atoms with van der Waals surface area (Å²) in [6.45, 7) is 3.76. The number of methoxy groups -OCH3 is 1. The highest BCUT2D eigenvalue weighted by Gasteiger charge is 2.25. The van der Waals surface area contributed by atoms with Crippen LogP contribution in [-0.2, 0) is 28.4 Å². The van der Waals surface area contributed by atoms with E-state index in [1.165, 1.54) is 17.1 Å². The SMILES string of the molecule is CCN(CCOC)S(=O)(=O)c1cc(CNC2CC2)n(C)c1. The Morgan fingerprint density at radius 2 is 2.19 bits per heavy atom. The molecule has 0 amide bonds. The molecular weight excluding hydrogens is 290 g/mol. The van der Waals surface area contributed by atoms with Gasteiger partial charge in [-0.1, -0.05) is 6.92 Å². The van der Waals surface area contributed by atoms with Crippen LogP contribution in [0.3, 0.4) is 0 Å². The van der Waals surface area contributed by atoms with Crippen LogP contribution in [0, 0.1) is 0 Å². The Bertz CT molecular complexity index is 564. The summed E-state index contributed by atoms with van der Waals surface area (Å²) >= 11 is 0. The molecule has 1 aromatic heterocycles. The Morgan fingerprint density at radius 1 is 1.48 bits per heavy atom. The van der Waals surface area contributed by atoms with E-state index in [2.05, 4.69) is 5.32 Å². The minimum Gasteiger partial charge on any atom is -0.383 e. The first kappa shape index (κ1) is 16.5. The number of aryl methyl sites for hydroxylation is 1. The van der Waals surface area contributed by atoms with Gasteiger partial charge in [0, 0.05) is 51.7 Å². The van der Waals surface area contributed by atoms with Crippen molar-refractivity contribution in [2.45, 2.75) is 37.2 Å². The third kappa shape index (κ3) is 4.06. The topological polar surface area (TPSA) is 63.6 Å². The molecule has 120 valence electrons. The first-order valence-corrected chi connectivity index (χ1v) is 8.80. The maximum atomic E-state index is 12.6. The summed E-state index contributed by atoms with van der Waals surface area (Å²) in [7, 11) is 0.0141. The average molecular weight is 315 g/mol. The summed E-state index contributed by atoms with van der Waals surface area (Å²) in [5.41, 5.74) is 0.989. The van der Waals surface area contributed by atoms with E-state index >= 15 is 0 Å². The van der Waals surface area contributed by atoms with Gasteiger partial charge in [-0.15, -0.1) is 0 Å². The molecule has 1 saturated carbocycles. The van der Waals surface area contributed by atoms with Gasteiger partial charge in [0.15, 0.2) is 0 Å². The Balaban J connectivity index is 2.12. The van der Waals surface area contributed by atoms with Crippen LogP contribution in [0.4, 0.5) is 0 Å². The minimum absolute atomic E-state index is 0.357. The van der Waals surface area contributed by atoms with Gasteiger partial charge in [-0.2, -0.15) is 4.31 Å². The van der Waals surface area contributed by atoms with E-state index in [0.29, 0.717) is 37.2 Å². The van der Waals surface area contributed by atoms with Crippen molar-refractivity contribution in [1.82, 2.24) is 14.2 Å². The fourth-order valence-electron chi connectivity index (χ4n) is 2.22. The first-order chi connectivity index (χ1) is 9.98. The number of likely N-dealkylation sites (N-methyl/N-ethyl adjacent to an activating group) is 1. The zero-order valence-corrected chi connectivity index (χ0v) is 13.8. The third-order valence-electron chi connectivity index (χ3n) is 3.77. The molecule has 1 aliphatic carbocycles. The van der Waals surface area contributed by atoms with Gasteiger partial charge >= 0.3 is 0 Å². The molecule has 2 rings (SSSR count). The summed E-state index contributed by atoms with van der Waals surface area (Å²) < 4.78 is 33.6. The first-order valence-electron chi connectivity index (χ1n) is 7.36. The Labute approximate surface area is 127 Å². The number of ether oxygens (including phenoxy) is 1. The van der Waals surface area contributed by atoms with Crippen molar-refractivity contribution in [1.29, 1.82) is 0 Å². The van der Waals surface area contributed by atoms with E-state index in [1.807, 2.05) is 18.5 Å². The predicted molar refractivity (Wildman–Crippen MR) is 81.6 cm³/mol. The van der Waals surface area contributed by atoms with E-state index in [0.717, 1.165) is 5.69 Å². The molecule has 0 atom stereocenters. The van der Waals surface area contributed by atoms with E-state index in [1.54, 1.807) is 19.4 Å². The number of hydrogen-bond acceptors (Lipinski definition) is 4. The quantitative estimate of drug-likeness (QED) is 0.736. The zero-order valence-electron chi connectivity index (χ0n) is 13.0.